The van der Waals surface area contributed by atoms with Crippen molar-refractivity contribution in [3.8, 4) is 5.88 Å². The molecule has 1 unspecified atom stereocenters. The molecule has 0 amide bonds. The van der Waals surface area contributed by atoms with Crippen molar-refractivity contribution in [2.24, 2.45) is 12.8 Å². The average Bonchev–Trinajstić information content (AvgIpc) is 2.74. The number of aromatic nitrogens is 2. The van der Waals surface area contributed by atoms with Gasteiger partial charge in [0, 0.05) is 20.6 Å². The van der Waals surface area contributed by atoms with E-state index in [9.17, 15) is 4.39 Å². The molecule has 6 heteroatoms. The van der Waals surface area contributed by atoms with Crippen LogP contribution in [0.3, 0.4) is 0 Å². The number of methoxy groups -OCH3 is 1. The fourth-order valence-electron chi connectivity index (χ4n) is 2.65. The number of para-hydroxylation sites is 1. The number of hydrogen-bond donors (Lipinski definition) is 1. The minimum atomic E-state index is -0.279. The standard InChI is InChI=1S/C15H21FN4O/c1-10-14(15(21-4)20(3)18-10)13(9-17)19(2)12-8-6-5-7-11(12)16/h5-8,13H,9,17H2,1-4H3. The summed E-state index contributed by atoms with van der Waals surface area (Å²) in [7, 11) is 5.23. The zero-order chi connectivity index (χ0) is 15.6. The van der Waals surface area contributed by atoms with Crippen molar-refractivity contribution in [1.29, 1.82) is 0 Å². The van der Waals surface area contributed by atoms with Gasteiger partial charge in [-0.2, -0.15) is 5.10 Å². The van der Waals surface area contributed by atoms with E-state index in [1.54, 1.807) is 30.0 Å². The number of halogens is 1. The second-order valence-electron chi connectivity index (χ2n) is 4.95. The number of aryl methyl sites for hydroxylation is 2. The highest BCUT2D eigenvalue weighted by Gasteiger charge is 2.26. The number of nitrogens with two attached hydrogens (primary N) is 1. The number of anilines is 1. The Morgan fingerprint density at radius 1 is 1.43 bits per heavy atom. The first-order valence-electron chi connectivity index (χ1n) is 6.76. The number of likely N-dealkylation sites (N-methyl/N-ethyl adjacent to an activating group) is 1. The molecule has 2 rings (SSSR count). The maximum Gasteiger partial charge on any atom is 0.216 e. The molecule has 1 atom stereocenters. The molecule has 0 aliphatic heterocycles. The SMILES string of the molecule is COc1c(C(CN)N(C)c2ccccc2F)c(C)nn1C. The maximum atomic E-state index is 14.0. The van der Waals surface area contributed by atoms with Gasteiger partial charge in [0.05, 0.1) is 30.1 Å². The number of ether oxygens (including phenoxy) is 1. The molecule has 0 radical (unpaired) electrons. The van der Waals surface area contributed by atoms with Crippen LogP contribution in [0.4, 0.5) is 10.1 Å². The van der Waals surface area contributed by atoms with Gasteiger partial charge in [0.15, 0.2) is 0 Å². The molecule has 0 spiro atoms. The van der Waals surface area contributed by atoms with Crippen molar-refractivity contribution in [3.05, 3.63) is 41.3 Å². The van der Waals surface area contributed by atoms with Gasteiger partial charge in [-0.15, -0.1) is 0 Å². The number of rotatable bonds is 5. The molecule has 114 valence electrons. The van der Waals surface area contributed by atoms with Gasteiger partial charge in [-0.05, 0) is 19.1 Å². The van der Waals surface area contributed by atoms with Gasteiger partial charge in [0.25, 0.3) is 0 Å². The Kier molecular flexibility index (Phi) is 4.47. The summed E-state index contributed by atoms with van der Waals surface area (Å²) >= 11 is 0. The molecule has 0 saturated carbocycles. The van der Waals surface area contributed by atoms with Crippen LogP contribution < -0.4 is 15.4 Å². The predicted molar refractivity (Wildman–Crippen MR) is 81.1 cm³/mol. The molecule has 0 aliphatic rings. The van der Waals surface area contributed by atoms with Crippen LogP contribution in [0.15, 0.2) is 24.3 Å². The first-order valence-corrected chi connectivity index (χ1v) is 6.76. The summed E-state index contributed by atoms with van der Waals surface area (Å²) in [5.74, 6) is 0.366. The number of benzene rings is 1. The van der Waals surface area contributed by atoms with Crippen LogP contribution in [0.1, 0.15) is 17.3 Å². The molecule has 0 fully saturated rings. The van der Waals surface area contributed by atoms with Crippen LogP contribution >= 0.6 is 0 Å². The summed E-state index contributed by atoms with van der Waals surface area (Å²) in [6.07, 6.45) is 0. The van der Waals surface area contributed by atoms with Crippen molar-refractivity contribution in [3.63, 3.8) is 0 Å². The Hall–Kier alpha value is -2.08. The summed E-state index contributed by atoms with van der Waals surface area (Å²) in [6.45, 7) is 2.23. The van der Waals surface area contributed by atoms with E-state index in [1.165, 1.54) is 6.07 Å². The van der Waals surface area contributed by atoms with Gasteiger partial charge < -0.3 is 15.4 Å². The third-order valence-corrected chi connectivity index (χ3v) is 3.66. The van der Waals surface area contributed by atoms with Gasteiger partial charge in [0.2, 0.25) is 5.88 Å². The highest BCUT2D eigenvalue weighted by Crippen LogP contribution is 2.34. The summed E-state index contributed by atoms with van der Waals surface area (Å²) < 4.78 is 21.1. The van der Waals surface area contributed by atoms with Crippen LogP contribution in [0.2, 0.25) is 0 Å². The monoisotopic (exact) mass is 292 g/mol. The van der Waals surface area contributed by atoms with E-state index < -0.39 is 0 Å². The summed E-state index contributed by atoms with van der Waals surface area (Å²) in [5.41, 5.74) is 8.15. The number of nitrogens with zero attached hydrogens (tertiary/aromatic N) is 3. The minimum absolute atomic E-state index is 0.217. The third-order valence-electron chi connectivity index (χ3n) is 3.66. The fraction of sp³-hybridized carbons (Fsp3) is 0.400. The van der Waals surface area contributed by atoms with E-state index >= 15 is 0 Å². The molecule has 0 aliphatic carbocycles. The first-order chi connectivity index (χ1) is 10.0. The molecular formula is C15H21FN4O. The average molecular weight is 292 g/mol. The largest absolute Gasteiger partial charge is 0.481 e. The smallest absolute Gasteiger partial charge is 0.216 e. The van der Waals surface area contributed by atoms with Gasteiger partial charge in [-0.3, -0.25) is 0 Å². The van der Waals surface area contributed by atoms with Crippen LogP contribution in [-0.2, 0) is 7.05 Å². The maximum absolute atomic E-state index is 14.0. The lowest BCUT2D eigenvalue weighted by Gasteiger charge is -2.29. The van der Waals surface area contributed by atoms with E-state index in [-0.39, 0.29) is 11.9 Å². The molecule has 5 nitrogen and oxygen atoms in total. The van der Waals surface area contributed by atoms with Gasteiger partial charge in [-0.25, -0.2) is 9.07 Å². The quantitative estimate of drug-likeness (QED) is 0.916. The topological polar surface area (TPSA) is 56.3 Å². The molecule has 1 heterocycles. The van der Waals surface area contributed by atoms with Crippen molar-refractivity contribution < 1.29 is 9.13 Å². The fourth-order valence-corrected chi connectivity index (χ4v) is 2.65. The predicted octanol–water partition coefficient (Wildman–Crippen LogP) is 2.01. The first kappa shape index (κ1) is 15.3. The van der Waals surface area contributed by atoms with E-state index in [2.05, 4.69) is 5.10 Å². The molecular weight excluding hydrogens is 271 g/mol. The zero-order valence-electron chi connectivity index (χ0n) is 12.8. The van der Waals surface area contributed by atoms with Crippen molar-refractivity contribution in [1.82, 2.24) is 9.78 Å². The summed E-state index contributed by atoms with van der Waals surface area (Å²) in [5, 5.41) is 4.36. The van der Waals surface area contributed by atoms with E-state index in [0.29, 0.717) is 18.1 Å². The second-order valence-corrected chi connectivity index (χ2v) is 4.95. The minimum Gasteiger partial charge on any atom is -0.481 e. The molecule has 1 aromatic heterocycles. The number of hydrogen-bond acceptors (Lipinski definition) is 4. The second kappa shape index (κ2) is 6.13. The summed E-state index contributed by atoms with van der Waals surface area (Å²) in [4.78, 5) is 1.82. The lowest BCUT2D eigenvalue weighted by molar-refractivity contribution is 0.366. The van der Waals surface area contributed by atoms with Crippen LogP contribution in [-0.4, -0.2) is 30.5 Å². The molecule has 1 aromatic carbocycles. The van der Waals surface area contributed by atoms with E-state index in [1.807, 2.05) is 25.9 Å². The molecule has 0 saturated heterocycles. The van der Waals surface area contributed by atoms with Gasteiger partial charge in [-0.1, -0.05) is 12.1 Å². The highest BCUT2D eigenvalue weighted by atomic mass is 19.1. The van der Waals surface area contributed by atoms with Gasteiger partial charge in [0.1, 0.15) is 5.82 Å². The van der Waals surface area contributed by atoms with E-state index in [4.69, 9.17) is 10.5 Å². The highest BCUT2D eigenvalue weighted by molar-refractivity contribution is 5.51. The van der Waals surface area contributed by atoms with Crippen molar-refractivity contribution >= 4 is 5.69 Å². The van der Waals surface area contributed by atoms with Crippen LogP contribution in [0, 0.1) is 12.7 Å². The third kappa shape index (κ3) is 2.71. The molecule has 2 aromatic rings. The van der Waals surface area contributed by atoms with Gasteiger partial charge >= 0.3 is 0 Å². The molecule has 2 N–H and O–H groups in total. The Morgan fingerprint density at radius 3 is 2.67 bits per heavy atom. The Morgan fingerprint density at radius 2 is 2.10 bits per heavy atom. The Labute approximate surface area is 124 Å². The van der Waals surface area contributed by atoms with E-state index in [0.717, 1.165) is 11.3 Å². The lowest BCUT2D eigenvalue weighted by atomic mass is 10.1. The molecule has 21 heavy (non-hydrogen) atoms. The zero-order valence-corrected chi connectivity index (χ0v) is 12.8. The lowest BCUT2D eigenvalue weighted by Crippen LogP contribution is -2.31. The Bertz CT molecular complexity index is 626. The van der Waals surface area contributed by atoms with Crippen LogP contribution in [0.25, 0.3) is 0 Å². The Balaban J connectivity index is 2.47. The normalized spacial score (nSPS) is 12.3. The summed E-state index contributed by atoms with van der Waals surface area (Å²) in [6, 6.07) is 6.42. The van der Waals surface area contributed by atoms with Crippen molar-refractivity contribution in [2.45, 2.75) is 13.0 Å². The van der Waals surface area contributed by atoms with Crippen molar-refractivity contribution in [2.75, 3.05) is 25.6 Å². The molecule has 0 bridgehead atoms. The van der Waals surface area contributed by atoms with Crippen LogP contribution in [0.5, 0.6) is 5.88 Å².